The molecule has 110 valence electrons. The molecule has 0 bridgehead atoms. The molecular weight excluding hydrogens is 292 g/mol. The Bertz CT molecular complexity index is 771. The quantitative estimate of drug-likeness (QED) is 0.815. The predicted octanol–water partition coefficient (Wildman–Crippen LogP) is 0.805. The summed E-state index contributed by atoms with van der Waals surface area (Å²) >= 11 is 0. The topological polar surface area (TPSA) is 92.4 Å². The maximum atomic E-state index is 12.3. The van der Waals surface area contributed by atoms with Crippen LogP contribution in [0.5, 0.6) is 0 Å². The van der Waals surface area contributed by atoms with E-state index in [1.54, 1.807) is 18.2 Å². The highest BCUT2D eigenvalue weighted by atomic mass is 32.2. The summed E-state index contributed by atoms with van der Waals surface area (Å²) in [6, 6.07) is 6.41. The Morgan fingerprint density at radius 2 is 2.19 bits per heavy atom. The molecule has 1 heterocycles. The summed E-state index contributed by atoms with van der Waals surface area (Å²) in [5.74, 6) is 5.11. The van der Waals surface area contributed by atoms with E-state index in [2.05, 4.69) is 26.2 Å². The fourth-order valence-corrected chi connectivity index (χ4v) is 2.83. The molecule has 0 saturated carbocycles. The number of hydrogen-bond donors (Lipinski definition) is 2. The monoisotopic (exact) mass is 306 g/mol. The number of benzene rings is 1. The summed E-state index contributed by atoms with van der Waals surface area (Å²) in [5.41, 5.74) is 1.71. The van der Waals surface area contributed by atoms with E-state index < -0.39 is 10.0 Å². The summed E-state index contributed by atoms with van der Waals surface area (Å²) in [5, 5.41) is 12.4. The minimum Gasteiger partial charge on any atom is -0.384 e. The van der Waals surface area contributed by atoms with Gasteiger partial charge in [0.25, 0.3) is 0 Å². The van der Waals surface area contributed by atoms with E-state index in [1.807, 2.05) is 6.92 Å². The predicted molar refractivity (Wildman–Crippen MR) is 75.7 cm³/mol. The van der Waals surface area contributed by atoms with E-state index in [0.717, 1.165) is 5.56 Å². The van der Waals surface area contributed by atoms with Gasteiger partial charge in [-0.05, 0) is 24.6 Å². The van der Waals surface area contributed by atoms with Gasteiger partial charge >= 0.3 is 0 Å². The van der Waals surface area contributed by atoms with Crippen LogP contribution in [-0.2, 0) is 16.6 Å². The molecule has 2 N–H and O–H groups in total. The number of sulfonamides is 1. The largest absolute Gasteiger partial charge is 0.384 e. The normalized spacial score (nSPS) is 11.0. The first-order chi connectivity index (χ1) is 10.0. The minimum absolute atomic E-state index is 0.0274. The maximum Gasteiger partial charge on any atom is 0.242 e. The van der Waals surface area contributed by atoms with E-state index in [4.69, 9.17) is 5.11 Å². The highest BCUT2D eigenvalue weighted by molar-refractivity contribution is 7.89. The third-order valence-corrected chi connectivity index (χ3v) is 4.12. The summed E-state index contributed by atoms with van der Waals surface area (Å²) < 4.78 is 31.7. The number of aromatic nitrogens is 1. The highest BCUT2D eigenvalue weighted by Crippen LogP contribution is 2.17. The minimum atomic E-state index is -3.73. The van der Waals surface area contributed by atoms with Crippen LogP contribution in [0, 0.1) is 18.8 Å². The van der Waals surface area contributed by atoms with Crippen LogP contribution in [0.2, 0.25) is 0 Å². The lowest BCUT2D eigenvalue weighted by atomic mass is 10.1. The zero-order chi connectivity index (χ0) is 15.3. The molecule has 0 aliphatic carbocycles. The standard InChI is InChI=1S/C14H14N2O4S/c1-11-4-5-14(12(9-11)3-2-7-17)21(18,19)15-10-13-6-8-20-16-13/h4-6,8-9,15,17H,7,10H2,1H3. The summed E-state index contributed by atoms with van der Waals surface area (Å²) in [6.45, 7) is 1.53. The second-order valence-corrected chi connectivity index (χ2v) is 6.01. The van der Waals surface area contributed by atoms with Gasteiger partial charge in [0.1, 0.15) is 12.9 Å². The van der Waals surface area contributed by atoms with Gasteiger partial charge in [0.15, 0.2) is 0 Å². The average Bonchev–Trinajstić information content (AvgIpc) is 2.96. The number of nitrogens with one attached hydrogen (secondary N) is 1. The SMILES string of the molecule is Cc1ccc(S(=O)(=O)NCc2ccon2)c(C#CCO)c1. The van der Waals surface area contributed by atoms with Crippen LogP contribution in [0.3, 0.4) is 0 Å². The van der Waals surface area contributed by atoms with Gasteiger partial charge in [-0.3, -0.25) is 0 Å². The lowest BCUT2D eigenvalue weighted by Crippen LogP contribution is -2.24. The average molecular weight is 306 g/mol. The van der Waals surface area contributed by atoms with Gasteiger partial charge in [-0.25, -0.2) is 13.1 Å². The van der Waals surface area contributed by atoms with Crippen molar-refractivity contribution >= 4 is 10.0 Å². The third kappa shape index (κ3) is 3.92. The molecule has 1 aromatic carbocycles. The maximum absolute atomic E-state index is 12.3. The van der Waals surface area contributed by atoms with Crippen molar-refractivity contribution in [3.63, 3.8) is 0 Å². The van der Waals surface area contributed by atoms with E-state index in [9.17, 15) is 8.42 Å². The molecular formula is C14H14N2O4S. The van der Waals surface area contributed by atoms with Crippen molar-refractivity contribution in [1.82, 2.24) is 9.88 Å². The van der Waals surface area contributed by atoms with Gasteiger partial charge < -0.3 is 9.63 Å². The van der Waals surface area contributed by atoms with Crippen molar-refractivity contribution in [1.29, 1.82) is 0 Å². The molecule has 21 heavy (non-hydrogen) atoms. The molecule has 0 amide bonds. The Labute approximate surface area is 122 Å². The lowest BCUT2D eigenvalue weighted by Gasteiger charge is -2.08. The van der Waals surface area contributed by atoms with Crippen LogP contribution in [0.25, 0.3) is 0 Å². The van der Waals surface area contributed by atoms with E-state index in [-0.39, 0.29) is 18.0 Å². The first kappa shape index (κ1) is 15.3. The number of hydrogen-bond acceptors (Lipinski definition) is 5. The van der Waals surface area contributed by atoms with Crippen LogP contribution < -0.4 is 4.72 Å². The van der Waals surface area contributed by atoms with Crippen LogP contribution in [0.15, 0.2) is 39.9 Å². The summed E-state index contributed by atoms with van der Waals surface area (Å²) in [6.07, 6.45) is 1.37. The van der Waals surface area contributed by atoms with Gasteiger partial charge in [0, 0.05) is 11.6 Å². The van der Waals surface area contributed by atoms with Gasteiger partial charge in [0.05, 0.1) is 17.1 Å². The van der Waals surface area contributed by atoms with E-state index in [1.165, 1.54) is 12.3 Å². The van der Waals surface area contributed by atoms with Gasteiger partial charge in [-0.15, -0.1) is 0 Å². The summed E-state index contributed by atoms with van der Waals surface area (Å²) in [7, 11) is -3.73. The Balaban J connectivity index is 2.30. The zero-order valence-corrected chi connectivity index (χ0v) is 12.1. The Morgan fingerprint density at radius 3 is 2.86 bits per heavy atom. The van der Waals surface area contributed by atoms with Crippen molar-refractivity contribution in [2.45, 2.75) is 18.4 Å². The van der Waals surface area contributed by atoms with Crippen LogP contribution >= 0.6 is 0 Å². The molecule has 2 rings (SSSR count). The lowest BCUT2D eigenvalue weighted by molar-refractivity contribution is 0.350. The van der Waals surface area contributed by atoms with Gasteiger partial charge in [0.2, 0.25) is 10.0 Å². The molecule has 0 aliphatic rings. The van der Waals surface area contributed by atoms with Crippen LogP contribution in [0.1, 0.15) is 16.8 Å². The van der Waals surface area contributed by atoms with Gasteiger partial charge in [-0.1, -0.05) is 23.1 Å². The first-order valence-electron chi connectivity index (χ1n) is 6.12. The van der Waals surface area contributed by atoms with E-state index in [0.29, 0.717) is 11.3 Å². The molecule has 0 radical (unpaired) electrons. The second kappa shape index (κ2) is 6.54. The molecule has 1 aromatic heterocycles. The number of aliphatic hydroxyl groups excluding tert-OH is 1. The van der Waals surface area contributed by atoms with E-state index >= 15 is 0 Å². The van der Waals surface area contributed by atoms with Crippen molar-refractivity contribution in [3.05, 3.63) is 47.3 Å². The smallest absolute Gasteiger partial charge is 0.242 e. The van der Waals surface area contributed by atoms with Crippen LogP contribution in [0.4, 0.5) is 0 Å². The van der Waals surface area contributed by atoms with Crippen molar-refractivity contribution in [2.24, 2.45) is 0 Å². The molecule has 0 atom stereocenters. The molecule has 0 fully saturated rings. The molecule has 7 heteroatoms. The van der Waals surface area contributed by atoms with Crippen molar-refractivity contribution < 1.29 is 18.0 Å². The van der Waals surface area contributed by atoms with Crippen molar-refractivity contribution in [3.8, 4) is 11.8 Å². The second-order valence-electron chi connectivity index (χ2n) is 4.27. The first-order valence-corrected chi connectivity index (χ1v) is 7.60. The fourth-order valence-electron chi connectivity index (χ4n) is 1.69. The Hall–Kier alpha value is -2.14. The highest BCUT2D eigenvalue weighted by Gasteiger charge is 2.18. The number of aryl methyl sites for hydroxylation is 1. The molecule has 0 unspecified atom stereocenters. The zero-order valence-electron chi connectivity index (χ0n) is 11.3. The molecule has 0 saturated heterocycles. The number of aliphatic hydroxyl groups is 1. The molecule has 0 spiro atoms. The molecule has 6 nitrogen and oxygen atoms in total. The number of rotatable bonds is 4. The summed E-state index contributed by atoms with van der Waals surface area (Å²) in [4.78, 5) is 0.0672. The Morgan fingerprint density at radius 1 is 1.38 bits per heavy atom. The Kier molecular flexibility index (Phi) is 4.75. The molecule has 0 aliphatic heterocycles. The van der Waals surface area contributed by atoms with Gasteiger partial charge in [-0.2, -0.15) is 0 Å². The van der Waals surface area contributed by atoms with Crippen molar-refractivity contribution in [2.75, 3.05) is 6.61 Å². The molecule has 2 aromatic rings. The number of nitrogens with zero attached hydrogens (tertiary/aromatic N) is 1. The fraction of sp³-hybridized carbons (Fsp3) is 0.214. The third-order valence-electron chi connectivity index (χ3n) is 2.66. The van der Waals surface area contributed by atoms with Crippen LogP contribution in [-0.4, -0.2) is 25.3 Å².